The third kappa shape index (κ3) is 6.59. The molecule has 32 heavy (non-hydrogen) atoms. The summed E-state index contributed by atoms with van der Waals surface area (Å²) < 4.78 is 32.8. The molecule has 1 heterocycles. The lowest BCUT2D eigenvalue weighted by molar-refractivity contribution is -0.123. The van der Waals surface area contributed by atoms with Crippen molar-refractivity contribution in [1.82, 2.24) is 4.98 Å². The van der Waals surface area contributed by atoms with Crippen molar-refractivity contribution >= 4 is 34.9 Å². The first-order chi connectivity index (χ1) is 15.3. The van der Waals surface area contributed by atoms with E-state index in [0.717, 1.165) is 6.07 Å². The number of anilines is 3. The van der Waals surface area contributed by atoms with Crippen LogP contribution in [0, 0.1) is 11.6 Å². The van der Waals surface area contributed by atoms with Crippen LogP contribution in [0.1, 0.15) is 13.3 Å². The molecule has 164 valence electrons. The number of rotatable bonds is 7. The van der Waals surface area contributed by atoms with Gasteiger partial charge < -0.3 is 20.7 Å². The lowest BCUT2D eigenvalue weighted by Gasteiger charge is -2.10. The number of hydrogen-bond donors (Lipinski definition) is 3. The van der Waals surface area contributed by atoms with Gasteiger partial charge >= 0.3 is 0 Å². The number of carbonyl (C=O) groups is 3. The Morgan fingerprint density at radius 1 is 0.875 bits per heavy atom. The topological polar surface area (TPSA) is 109 Å². The first-order valence-corrected chi connectivity index (χ1v) is 9.35. The molecular formula is C22H18F2N4O4. The van der Waals surface area contributed by atoms with Gasteiger partial charge in [-0.3, -0.25) is 14.4 Å². The molecule has 0 bridgehead atoms. The van der Waals surface area contributed by atoms with Crippen LogP contribution in [0.4, 0.5) is 26.0 Å². The van der Waals surface area contributed by atoms with E-state index in [1.54, 1.807) is 0 Å². The standard InChI is InChI=1S/C22H18F2N4O4/c1-13(29)26-20-11-17(8-9-25-20)32-16-6-7-19(18(24)10-16)28-22(31)12-21(30)27-15-4-2-14(23)3-5-15/h2-11H,12H2,1H3,(H,27,30)(H,28,31)(H,25,26,29). The van der Waals surface area contributed by atoms with Crippen LogP contribution in [0.3, 0.4) is 0 Å². The van der Waals surface area contributed by atoms with Crippen molar-refractivity contribution in [3.63, 3.8) is 0 Å². The predicted octanol–water partition coefficient (Wildman–Crippen LogP) is 4.08. The summed E-state index contributed by atoms with van der Waals surface area (Å²) >= 11 is 0. The lowest BCUT2D eigenvalue weighted by atomic mass is 10.2. The van der Waals surface area contributed by atoms with Gasteiger partial charge in [0.15, 0.2) is 0 Å². The highest BCUT2D eigenvalue weighted by Gasteiger charge is 2.13. The Morgan fingerprint density at radius 3 is 2.25 bits per heavy atom. The predicted molar refractivity (Wildman–Crippen MR) is 113 cm³/mol. The molecule has 1 aromatic heterocycles. The minimum Gasteiger partial charge on any atom is -0.457 e. The number of amides is 3. The molecule has 0 fully saturated rings. The van der Waals surface area contributed by atoms with Crippen LogP contribution < -0.4 is 20.7 Å². The average Bonchev–Trinajstić information content (AvgIpc) is 2.71. The van der Waals surface area contributed by atoms with E-state index in [1.807, 2.05) is 0 Å². The molecule has 0 saturated heterocycles. The van der Waals surface area contributed by atoms with E-state index in [9.17, 15) is 23.2 Å². The van der Waals surface area contributed by atoms with E-state index in [2.05, 4.69) is 20.9 Å². The molecule has 3 aromatic rings. The van der Waals surface area contributed by atoms with Gasteiger partial charge in [0.05, 0.1) is 5.69 Å². The van der Waals surface area contributed by atoms with Crippen LogP contribution in [0.25, 0.3) is 0 Å². The smallest absolute Gasteiger partial charge is 0.233 e. The van der Waals surface area contributed by atoms with Gasteiger partial charge in [-0.2, -0.15) is 0 Å². The maximum absolute atomic E-state index is 14.4. The molecule has 10 heteroatoms. The Hall–Kier alpha value is -4.34. The summed E-state index contributed by atoms with van der Waals surface area (Å²) in [6.45, 7) is 1.34. The van der Waals surface area contributed by atoms with Gasteiger partial charge in [0, 0.05) is 30.9 Å². The SMILES string of the molecule is CC(=O)Nc1cc(Oc2ccc(NC(=O)CC(=O)Nc3ccc(F)cc3)c(F)c2)ccn1. The second-order valence-corrected chi connectivity index (χ2v) is 6.58. The van der Waals surface area contributed by atoms with Crippen molar-refractivity contribution in [3.05, 3.63) is 72.4 Å². The third-order valence-electron chi connectivity index (χ3n) is 3.93. The summed E-state index contributed by atoms with van der Waals surface area (Å²) in [5.41, 5.74) is 0.195. The first-order valence-electron chi connectivity index (χ1n) is 9.35. The fraction of sp³-hybridized carbons (Fsp3) is 0.0909. The second kappa shape index (κ2) is 10.1. The molecule has 0 aliphatic heterocycles. The van der Waals surface area contributed by atoms with Crippen LogP contribution in [0.5, 0.6) is 11.5 Å². The van der Waals surface area contributed by atoms with Crippen LogP contribution in [-0.2, 0) is 14.4 Å². The molecule has 0 atom stereocenters. The van der Waals surface area contributed by atoms with Crippen LogP contribution in [0.2, 0.25) is 0 Å². The van der Waals surface area contributed by atoms with E-state index in [4.69, 9.17) is 4.74 Å². The van der Waals surface area contributed by atoms with Gasteiger partial charge in [-0.15, -0.1) is 0 Å². The molecule has 0 unspecified atom stereocenters. The summed E-state index contributed by atoms with van der Waals surface area (Å²) in [5, 5.41) is 7.26. The maximum atomic E-state index is 14.4. The van der Waals surface area contributed by atoms with E-state index in [1.165, 1.54) is 61.7 Å². The number of ether oxygens (including phenoxy) is 1. The molecule has 0 aliphatic carbocycles. The Labute approximate surface area is 181 Å². The maximum Gasteiger partial charge on any atom is 0.233 e. The van der Waals surface area contributed by atoms with Crippen molar-refractivity contribution in [3.8, 4) is 11.5 Å². The van der Waals surface area contributed by atoms with Crippen molar-refractivity contribution in [2.24, 2.45) is 0 Å². The van der Waals surface area contributed by atoms with Gasteiger partial charge in [-0.25, -0.2) is 13.8 Å². The zero-order valence-electron chi connectivity index (χ0n) is 16.8. The van der Waals surface area contributed by atoms with Crippen molar-refractivity contribution in [2.45, 2.75) is 13.3 Å². The largest absolute Gasteiger partial charge is 0.457 e. The number of halogens is 2. The highest BCUT2D eigenvalue weighted by atomic mass is 19.1. The van der Waals surface area contributed by atoms with Crippen molar-refractivity contribution < 1.29 is 27.9 Å². The van der Waals surface area contributed by atoms with Gasteiger partial charge in [0.2, 0.25) is 17.7 Å². The molecule has 0 aliphatic rings. The zero-order valence-corrected chi connectivity index (χ0v) is 16.8. The first kappa shape index (κ1) is 22.3. The minimum atomic E-state index is -0.772. The fourth-order valence-corrected chi connectivity index (χ4v) is 2.60. The van der Waals surface area contributed by atoms with E-state index < -0.39 is 29.9 Å². The summed E-state index contributed by atoms with van der Waals surface area (Å²) in [4.78, 5) is 39.0. The number of carbonyl (C=O) groups excluding carboxylic acids is 3. The lowest BCUT2D eigenvalue weighted by Crippen LogP contribution is -2.21. The molecule has 3 N–H and O–H groups in total. The summed E-state index contributed by atoms with van der Waals surface area (Å²) in [6, 6.07) is 11.8. The van der Waals surface area contributed by atoms with Crippen molar-refractivity contribution in [1.29, 1.82) is 0 Å². The van der Waals surface area contributed by atoms with Gasteiger partial charge in [-0.05, 0) is 42.5 Å². The average molecular weight is 440 g/mol. The van der Waals surface area contributed by atoms with Crippen molar-refractivity contribution in [2.75, 3.05) is 16.0 Å². The summed E-state index contributed by atoms with van der Waals surface area (Å²) in [5.74, 6) is -2.16. The van der Waals surface area contributed by atoms with Gasteiger partial charge in [-0.1, -0.05) is 0 Å². The van der Waals surface area contributed by atoms with E-state index in [-0.39, 0.29) is 23.2 Å². The number of nitrogens with zero attached hydrogens (tertiary/aromatic N) is 1. The fourth-order valence-electron chi connectivity index (χ4n) is 2.60. The highest BCUT2D eigenvalue weighted by Crippen LogP contribution is 2.26. The number of pyridine rings is 1. The summed E-state index contributed by atoms with van der Waals surface area (Å²) in [7, 11) is 0. The quantitative estimate of drug-likeness (QED) is 0.480. The van der Waals surface area contributed by atoms with Crippen LogP contribution in [-0.4, -0.2) is 22.7 Å². The molecule has 0 spiro atoms. The second-order valence-electron chi connectivity index (χ2n) is 6.58. The number of aromatic nitrogens is 1. The van der Waals surface area contributed by atoms with Crippen LogP contribution in [0.15, 0.2) is 60.8 Å². The molecule has 0 saturated carbocycles. The molecule has 3 amide bonds. The third-order valence-corrected chi connectivity index (χ3v) is 3.93. The molecule has 0 radical (unpaired) electrons. The Kier molecular flexibility index (Phi) is 7.06. The number of nitrogens with one attached hydrogen (secondary N) is 3. The van der Waals surface area contributed by atoms with Crippen LogP contribution >= 0.6 is 0 Å². The van der Waals surface area contributed by atoms with E-state index in [0.29, 0.717) is 11.4 Å². The number of hydrogen-bond acceptors (Lipinski definition) is 5. The molecule has 8 nitrogen and oxygen atoms in total. The van der Waals surface area contributed by atoms with Gasteiger partial charge in [0.25, 0.3) is 0 Å². The molecule has 3 rings (SSSR count). The van der Waals surface area contributed by atoms with Gasteiger partial charge in [0.1, 0.15) is 35.4 Å². The zero-order chi connectivity index (χ0) is 23.1. The molecular weight excluding hydrogens is 422 g/mol. The Morgan fingerprint density at radius 2 is 1.56 bits per heavy atom. The number of benzene rings is 2. The highest BCUT2D eigenvalue weighted by molar-refractivity contribution is 6.08. The Balaban J connectivity index is 1.57. The summed E-state index contributed by atoms with van der Waals surface area (Å²) in [6.07, 6.45) is 0.862. The Bertz CT molecular complexity index is 1150. The normalized spacial score (nSPS) is 10.2. The molecule has 2 aromatic carbocycles. The van der Waals surface area contributed by atoms with E-state index >= 15 is 0 Å². The minimum absolute atomic E-state index is 0.134. The monoisotopic (exact) mass is 440 g/mol.